The fourth-order valence-electron chi connectivity index (χ4n) is 1.93. The lowest BCUT2D eigenvalue weighted by molar-refractivity contribution is 0.101. The second-order valence-corrected chi connectivity index (χ2v) is 4.47. The molecule has 3 nitrogen and oxygen atoms in total. The molecule has 0 heterocycles. The monoisotopic (exact) mass is 244 g/mol. The zero-order valence-electron chi connectivity index (χ0n) is 11.3. The summed E-state index contributed by atoms with van der Waals surface area (Å²) in [5.74, 6) is 0.0195. The minimum Gasteiger partial charge on any atom is -0.381 e. The molecule has 0 aromatic heterocycles. The van der Waals surface area contributed by atoms with Gasteiger partial charge in [-0.3, -0.25) is 4.79 Å². The van der Waals surface area contributed by atoms with Gasteiger partial charge in [0, 0.05) is 11.6 Å². The number of nitriles is 1. The highest BCUT2D eigenvalue weighted by atomic mass is 16.1. The lowest BCUT2D eigenvalue weighted by Gasteiger charge is -2.18. The Balaban J connectivity index is 3.01. The molecule has 0 aliphatic heterocycles. The van der Waals surface area contributed by atoms with Crippen LogP contribution in [0.25, 0.3) is 0 Å². The molecule has 1 aromatic carbocycles. The molecule has 0 radical (unpaired) electrons. The molecule has 0 spiro atoms. The van der Waals surface area contributed by atoms with E-state index in [1.807, 2.05) is 0 Å². The summed E-state index contributed by atoms with van der Waals surface area (Å²) in [5.41, 5.74) is 2.00. The highest BCUT2D eigenvalue weighted by Gasteiger charge is 2.10. The first-order valence-electron chi connectivity index (χ1n) is 6.44. The van der Waals surface area contributed by atoms with Crippen LogP contribution in [0.15, 0.2) is 18.2 Å². The number of nitrogens with zero attached hydrogens (tertiary/aromatic N) is 1. The molecular weight excluding hydrogens is 224 g/mol. The summed E-state index contributed by atoms with van der Waals surface area (Å²) < 4.78 is 0. The van der Waals surface area contributed by atoms with Gasteiger partial charge in [-0.1, -0.05) is 20.3 Å². The van der Waals surface area contributed by atoms with Crippen molar-refractivity contribution in [3.05, 3.63) is 29.3 Å². The van der Waals surface area contributed by atoms with E-state index in [4.69, 9.17) is 5.26 Å². The largest absolute Gasteiger partial charge is 0.381 e. The molecule has 0 saturated carbocycles. The van der Waals surface area contributed by atoms with Gasteiger partial charge < -0.3 is 5.32 Å². The van der Waals surface area contributed by atoms with Gasteiger partial charge in [-0.15, -0.1) is 0 Å². The van der Waals surface area contributed by atoms with Crippen molar-refractivity contribution in [2.24, 2.45) is 0 Å². The number of hydrogen-bond acceptors (Lipinski definition) is 3. The highest BCUT2D eigenvalue weighted by molar-refractivity contribution is 5.95. The van der Waals surface area contributed by atoms with Gasteiger partial charge in [0.05, 0.1) is 11.3 Å². The third-order valence-corrected chi connectivity index (χ3v) is 3.04. The van der Waals surface area contributed by atoms with Crippen LogP contribution >= 0.6 is 0 Å². The Morgan fingerprint density at radius 3 is 2.67 bits per heavy atom. The first kappa shape index (κ1) is 14.2. The number of carbonyl (C=O) groups is 1. The van der Waals surface area contributed by atoms with Gasteiger partial charge in [-0.25, -0.2) is 0 Å². The number of carbonyl (C=O) groups excluding carboxylic acids is 1. The van der Waals surface area contributed by atoms with Gasteiger partial charge in [-0.05, 0) is 38.0 Å². The van der Waals surface area contributed by atoms with Crippen LogP contribution in [0.4, 0.5) is 5.69 Å². The van der Waals surface area contributed by atoms with E-state index in [2.05, 4.69) is 25.2 Å². The second kappa shape index (κ2) is 6.80. The molecule has 1 N–H and O–H groups in total. The molecule has 0 amide bonds. The number of nitrogens with one attached hydrogen (secondary N) is 1. The topological polar surface area (TPSA) is 52.9 Å². The van der Waals surface area contributed by atoms with Crippen LogP contribution in [0.3, 0.4) is 0 Å². The van der Waals surface area contributed by atoms with E-state index in [9.17, 15) is 4.79 Å². The second-order valence-electron chi connectivity index (χ2n) is 4.47. The third kappa shape index (κ3) is 3.59. The van der Waals surface area contributed by atoms with E-state index in [0.717, 1.165) is 24.9 Å². The minimum atomic E-state index is 0.0195. The Hall–Kier alpha value is -1.82. The number of anilines is 1. The molecule has 1 unspecified atom stereocenters. The van der Waals surface area contributed by atoms with Gasteiger partial charge in [-0.2, -0.15) is 5.26 Å². The molecule has 18 heavy (non-hydrogen) atoms. The fraction of sp³-hybridized carbons (Fsp3) is 0.467. The van der Waals surface area contributed by atoms with Crippen molar-refractivity contribution < 1.29 is 4.79 Å². The highest BCUT2D eigenvalue weighted by Crippen LogP contribution is 2.20. The van der Waals surface area contributed by atoms with Crippen molar-refractivity contribution in [2.75, 3.05) is 5.32 Å². The fourth-order valence-corrected chi connectivity index (χ4v) is 1.93. The Morgan fingerprint density at radius 1 is 1.44 bits per heavy atom. The molecule has 0 fully saturated rings. The van der Waals surface area contributed by atoms with Gasteiger partial charge in [0.2, 0.25) is 0 Å². The van der Waals surface area contributed by atoms with E-state index in [-0.39, 0.29) is 5.78 Å². The van der Waals surface area contributed by atoms with Crippen LogP contribution in [-0.4, -0.2) is 11.8 Å². The molecule has 1 aromatic rings. The summed E-state index contributed by atoms with van der Waals surface area (Å²) in [6.45, 7) is 5.80. The number of rotatable bonds is 6. The van der Waals surface area contributed by atoms with E-state index in [0.29, 0.717) is 17.2 Å². The predicted octanol–water partition coefficient (Wildman–Crippen LogP) is 3.75. The van der Waals surface area contributed by atoms with Crippen LogP contribution in [0.5, 0.6) is 0 Å². The number of benzene rings is 1. The van der Waals surface area contributed by atoms with Crippen LogP contribution in [-0.2, 0) is 0 Å². The van der Waals surface area contributed by atoms with Crippen molar-refractivity contribution >= 4 is 11.5 Å². The van der Waals surface area contributed by atoms with Gasteiger partial charge in [0.1, 0.15) is 6.07 Å². The van der Waals surface area contributed by atoms with E-state index < -0.39 is 0 Å². The molecule has 96 valence electrons. The number of Topliss-reactive ketones (excluding diaryl/α,β-unsaturated/α-hetero) is 1. The molecule has 1 rings (SSSR count). The lowest BCUT2D eigenvalue weighted by atomic mass is 10.0. The maximum Gasteiger partial charge on any atom is 0.159 e. The Labute approximate surface area is 109 Å². The van der Waals surface area contributed by atoms with Crippen LogP contribution in [0.2, 0.25) is 0 Å². The zero-order valence-corrected chi connectivity index (χ0v) is 11.3. The molecule has 0 saturated heterocycles. The molecule has 0 bridgehead atoms. The standard InChI is InChI=1S/C15H20N2O/c1-4-6-14(5-2)17-15-9-12(11(3)18)7-8-13(15)10-16/h7-9,14,17H,4-6H2,1-3H3. The Bertz CT molecular complexity index is 460. The van der Waals surface area contributed by atoms with Crippen molar-refractivity contribution in [3.63, 3.8) is 0 Å². The first-order chi connectivity index (χ1) is 8.62. The molecular formula is C15H20N2O. The quantitative estimate of drug-likeness (QED) is 0.775. The maximum absolute atomic E-state index is 11.4. The SMILES string of the molecule is CCCC(CC)Nc1cc(C(C)=O)ccc1C#N. The van der Waals surface area contributed by atoms with Crippen LogP contribution in [0.1, 0.15) is 56.0 Å². The van der Waals surface area contributed by atoms with Gasteiger partial charge >= 0.3 is 0 Å². The van der Waals surface area contributed by atoms with Crippen molar-refractivity contribution in [2.45, 2.75) is 46.1 Å². The van der Waals surface area contributed by atoms with Gasteiger partial charge in [0.25, 0.3) is 0 Å². The van der Waals surface area contributed by atoms with Crippen molar-refractivity contribution in [1.29, 1.82) is 5.26 Å². The van der Waals surface area contributed by atoms with Gasteiger partial charge in [0.15, 0.2) is 5.78 Å². The Kier molecular flexibility index (Phi) is 5.38. The molecule has 3 heteroatoms. The van der Waals surface area contributed by atoms with E-state index in [1.165, 1.54) is 6.92 Å². The molecule has 1 atom stereocenters. The van der Waals surface area contributed by atoms with Crippen molar-refractivity contribution in [1.82, 2.24) is 0 Å². The minimum absolute atomic E-state index is 0.0195. The summed E-state index contributed by atoms with van der Waals surface area (Å²) in [6, 6.07) is 7.69. The third-order valence-electron chi connectivity index (χ3n) is 3.04. The average molecular weight is 244 g/mol. The zero-order chi connectivity index (χ0) is 13.5. The van der Waals surface area contributed by atoms with Crippen molar-refractivity contribution in [3.8, 4) is 6.07 Å². The van der Waals surface area contributed by atoms with Crippen LogP contribution in [0, 0.1) is 11.3 Å². The predicted molar refractivity (Wildman–Crippen MR) is 73.8 cm³/mol. The average Bonchev–Trinajstić information content (AvgIpc) is 2.37. The van der Waals surface area contributed by atoms with E-state index in [1.54, 1.807) is 18.2 Å². The normalized spacial score (nSPS) is 11.7. The molecule has 0 aliphatic rings. The smallest absolute Gasteiger partial charge is 0.159 e. The Morgan fingerprint density at radius 2 is 2.17 bits per heavy atom. The van der Waals surface area contributed by atoms with E-state index >= 15 is 0 Å². The summed E-state index contributed by atoms with van der Waals surface area (Å²) in [4.78, 5) is 11.4. The number of hydrogen-bond donors (Lipinski definition) is 1. The summed E-state index contributed by atoms with van der Waals surface area (Å²) >= 11 is 0. The maximum atomic E-state index is 11.4. The summed E-state index contributed by atoms with van der Waals surface area (Å²) in [6.07, 6.45) is 3.16. The molecule has 0 aliphatic carbocycles. The van der Waals surface area contributed by atoms with Crippen LogP contribution < -0.4 is 5.32 Å². The lowest BCUT2D eigenvalue weighted by Crippen LogP contribution is -2.19. The summed E-state index contributed by atoms with van der Waals surface area (Å²) in [5, 5.41) is 12.5. The number of ketones is 1. The first-order valence-corrected chi connectivity index (χ1v) is 6.44. The summed E-state index contributed by atoms with van der Waals surface area (Å²) in [7, 11) is 0.